The Kier molecular flexibility index (Phi) is 7.38. The van der Waals surface area contributed by atoms with Gasteiger partial charge in [0.15, 0.2) is 5.78 Å². The van der Waals surface area contributed by atoms with E-state index in [1.807, 2.05) is 61.7 Å². The molecule has 0 bridgehead atoms. The second kappa shape index (κ2) is 9.77. The number of methoxy groups -OCH3 is 2. The molecule has 0 aromatic heterocycles. The minimum absolute atomic E-state index is 0.00258. The van der Waals surface area contributed by atoms with E-state index >= 15 is 0 Å². The summed E-state index contributed by atoms with van der Waals surface area (Å²) in [6.45, 7) is 2.33. The lowest BCUT2D eigenvalue weighted by atomic mass is 10.1. The van der Waals surface area contributed by atoms with Gasteiger partial charge in [-0.15, -0.1) is 0 Å². The second-order valence-electron chi connectivity index (χ2n) is 5.90. The first-order valence-electron chi connectivity index (χ1n) is 8.25. The van der Waals surface area contributed by atoms with E-state index < -0.39 is 0 Å². The molecular formula is C21H25NO3. The molecule has 0 aliphatic carbocycles. The minimum Gasteiger partial charge on any atom is -0.497 e. The third-order valence-electron chi connectivity index (χ3n) is 3.88. The number of allylic oxidation sites excluding steroid dienone is 1. The van der Waals surface area contributed by atoms with Crippen molar-refractivity contribution in [3.05, 3.63) is 71.3 Å². The Morgan fingerprint density at radius 3 is 2.56 bits per heavy atom. The molecule has 4 heteroatoms. The van der Waals surface area contributed by atoms with Crippen LogP contribution in [-0.4, -0.2) is 45.1 Å². The Morgan fingerprint density at radius 1 is 1.12 bits per heavy atom. The molecule has 0 unspecified atom stereocenters. The molecule has 2 aromatic carbocycles. The van der Waals surface area contributed by atoms with Crippen LogP contribution in [0, 0.1) is 0 Å². The average molecular weight is 339 g/mol. The van der Waals surface area contributed by atoms with Crippen molar-refractivity contribution in [1.29, 1.82) is 0 Å². The maximum absolute atomic E-state index is 12.4. The third kappa shape index (κ3) is 6.18. The summed E-state index contributed by atoms with van der Waals surface area (Å²) in [4.78, 5) is 14.6. The summed E-state index contributed by atoms with van der Waals surface area (Å²) >= 11 is 0. The van der Waals surface area contributed by atoms with Gasteiger partial charge in [0, 0.05) is 25.8 Å². The molecule has 0 saturated carbocycles. The highest BCUT2D eigenvalue weighted by Crippen LogP contribution is 2.14. The van der Waals surface area contributed by atoms with E-state index in [1.165, 1.54) is 0 Å². The van der Waals surface area contributed by atoms with Crippen molar-refractivity contribution in [2.45, 2.75) is 6.54 Å². The van der Waals surface area contributed by atoms with Crippen molar-refractivity contribution in [3.63, 3.8) is 0 Å². The Morgan fingerprint density at radius 2 is 1.88 bits per heavy atom. The van der Waals surface area contributed by atoms with E-state index in [0.717, 1.165) is 30.0 Å². The molecule has 2 rings (SSSR count). The standard InChI is InChI=1S/C21H25NO3/c1-22(13-14-24-2)16-18-5-4-6-19(15-18)21(23)12-9-17-7-10-20(25-3)11-8-17/h4-12,15H,13-14,16H2,1-3H3/b12-9+. The number of carbonyl (C=O) groups excluding carboxylic acids is 1. The fourth-order valence-electron chi connectivity index (χ4n) is 2.44. The van der Waals surface area contributed by atoms with Gasteiger partial charge in [0.1, 0.15) is 5.75 Å². The highest BCUT2D eigenvalue weighted by molar-refractivity contribution is 6.06. The quantitative estimate of drug-likeness (QED) is 0.516. The summed E-state index contributed by atoms with van der Waals surface area (Å²) in [5.74, 6) is 0.797. The zero-order chi connectivity index (χ0) is 18.1. The Bertz CT molecular complexity index is 707. The maximum atomic E-state index is 12.4. The van der Waals surface area contributed by atoms with Gasteiger partial charge in [0.25, 0.3) is 0 Å². The highest BCUT2D eigenvalue weighted by atomic mass is 16.5. The molecule has 0 radical (unpaired) electrons. The number of carbonyl (C=O) groups is 1. The van der Waals surface area contributed by atoms with Crippen LogP contribution in [0.5, 0.6) is 5.75 Å². The molecule has 25 heavy (non-hydrogen) atoms. The first-order valence-corrected chi connectivity index (χ1v) is 8.25. The molecule has 0 fully saturated rings. The largest absolute Gasteiger partial charge is 0.497 e. The molecule has 0 aliphatic rings. The molecule has 0 saturated heterocycles. The number of ketones is 1. The van der Waals surface area contributed by atoms with Crippen molar-refractivity contribution in [3.8, 4) is 5.75 Å². The van der Waals surface area contributed by atoms with Crippen LogP contribution in [0.3, 0.4) is 0 Å². The van der Waals surface area contributed by atoms with Crippen LogP contribution in [0.1, 0.15) is 21.5 Å². The Labute approximate surface area is 149 Å². The molecule has 0 N–H and O–H groups in total. The number of likely N-dealkylation sites (N-methyl/N-ethyl adjacent to an activating group) is 1. The van der Waals surface area contributed by atoms with Crippen molar-refractivity contribution < 1.29 is 14.3 Å². The van der Waals surface area contributed by atoms with Crippen LogP contribution in [0.2, 0.25) is 0 Å². The van der Waals surface area contributed by atoms with Gasteiger partial charge in [-0.1, -0.05) is 36.4 Å². The first kappa shape index (κ1) is 18.9. The van der Waals surface area contributed by atoms with Crippen molar-refractivity contribution in [1.82, 2.24) is 4.90 Å². The lowest BCUT2D eigenvalue weighted by Crippen LogP contribution is -2.22. The molecule has 0 atom stereocenters. The minimum atomic E-state index is -0.00258. The predicted molar refractivity (Wildman–Crippen MR) is 101 cm³/mol. The van der Waals surface area contributed by atoms with E-state index in [0.29, 0.717) is 12.2 Å². The van der Waals surface area contributed by atoms with Gasteiger partial charge in [-0.3, -0.25) is 9.69 Å². The van der Waals surface area contributed by atoms with Crippen LogP contribution in [0.15, 0.2) is 54.6 Å². The number of nitrogens with zero attached hydrogens (tertiary/aromatic N) is 1. The predicted octanol–water partition coefficient (Wildman–Crippen LogP) is 3.67. The second-order valence-corrected chi connectivity index (χ2v) is 5.90. The topological polar surface area (TPSA) is 38.8 Å². The van der Waals surface area contributed by atoms with Gasteiger partial charge in [0.2, 0.25) is 0 Å². The van der Waals surface area contributed by atoms with E-state index in [2.05, 4.69) is 4.90 Å². The van der Waals surface area contributed by atoms with E-state index in [-0.39, 0.29) is 5.78 Å². The van der Waals surface area contributed by atoms with Crippen LogP contribution in [0.25, 0.3) is 6.08 Å². The molecule has 0 aliphatic heterocycles. The van der Waals surface area contributed by atoms with Crippen molar-refractivity contribution in [2.75, 3.05) is 34.4 Å². The maximum Gasteiger partial charge on any atom is 0.185 e. The summed E-state index contributed by atoms with van der Waals surface area (Å²) in [7, 11) is 5.37. The SMILES string of the molecule is COCCN(C)Cc1cccc(C(=O)/C=C/c2ccc(OC)cc2)c1. The van der Waals surface area contributed by atoms with Gasteiger partial charge in [0.05, 0.1) is 13.7 Å². The number of rotatable bonds is 9. The number of hydrogen-bond donors (Lipinski definition) is 0. The van der Waals surface area contributed by atoms with Gasteiger partial charge < -0.3 is 9.47 Å². The highest BCUT2D eigenvalue weighted by Gasteiger charge is 2.05. The Hall–Kier alpha value is -2.43. The molecule has 132 valence electrons. The lowest BCUT2D eigenvalue weighted by molar-refractivity contribution is 0.104. The fourth-order valence-corrected chi connectivity index (χ4v) is 2.44. The summed E-state index contributed by atoms with van der Waals surface area (Å²) in [5.41, 5.74) is 2.77. The number of hydrogen-bond acceptors (Lipinski definition) is 4. The monoisotopic (exact) mass is 339 g/mol. The third-order valence-corrected chi connectivity index (χ3v) is 3.88. The average Bonchev–Trinajstić information content (AvgIpc) is 2.65. The lowest BCUT2D eigenvalue weighted by Gasteiger charge is -2.16. The molecule has 4 nitrogen and oxygen atoms in total. The summed E-state index contributed by atoms with van der Waals surface area (Å²) in [5, 5.41) is 0. The smallest absolute Gasteiger partial charge is 0.185 e. The molecular weight excluding hydrogens is 314 g/mol. The number of benzene rings is 2. The van der Waals surface area contributed by atoms with Crippen LogP contribution >= 0.6 is 0 Å². The first-order chi connectivity index (χ1) is 12.1. The fraction of sp³-hybridized carbons (Fsp3) is 0.286. The van der Waals surface area contributed by atoms with Gasteiger partial charge >= 0.3 is 0 Å². The molecule has 0 amide bonds. The summed E-state index contributed by atoms with van der Waals surface area (Å²) < 4.78 is 10.2. The van der Waals surface area contributed by atoms with Gasteiger partial charge in [-0.25, -0.2) is 0 Å². The van der Waals surface area contributed by atoms with Crippen LogP contribution in [-0.2, 0) is 11.3 Å². The molecule has 0 heterocycles. The van der Waals surface area contributed by atoms with Crippen molar-refractivity contribution in [2.24, 2.45) is 0 Å². The van der Waals surface area contributed by atoms with E-state index in [4.69, 9.17) is 9.47 Å². The zero-order valence-electron chi connectivity index (χ0n) is 15.1. The van der Waals surface area contributed by atoms with Gasteiger partial charge in [-0.2, -0.15) is 0 Å². The van der Waals surface area contributed by atoms with E-state index in [9.17, 15) is 4.79 Å². The van der Waals surface area contributed by atoms with Crippen LogP contribution < -0.4 is 4.74 Å². The zero-order valence-corrected chi connectivity index (χ0v) is 15.1. The Balaban J connectivity index is 2.01. The summed E-state index contributed by atoms with van der Waals surface area (Å²) in [6.07, 6.45) is 3.43. The molecule has 0 spiro atoms. The normalized spacial score (nSPS) is 11.2. The molecule has 2 aromatic rings. The van der Waals surface area contributed by atoms with Gasteiger partial charge in [-0.05, 0) is 42.4 Å². The summed E-state index contributed by atoms with van der Waals surface area (Å²) in [6, 6.07) is 15.3. The van der Waals surface area contributed by atoms with E-state index in [1.54, 1.807) is 20.3 Å². The van der Waals surface area contributed by atoms with Crippen LogP contribution in [0.4, 0.5) is 0 Å². The van der Waals surface area contributed by atoms with Crippen molar-refractivity contribution >= 4 is 11.9 Å². The number of ether oxygens (including phenoxy) is 2.